The molecule has 15 heavy (non-hydrogen) atoms. The van der Waals surface area contributed by atoms with Crippen LogP contribution >= 0.6 is 0 Å². The van der Waals surface area contributed by atoms with E-state index in [0.717, 1.165) is 18.8 Å². The Balaban J connectivity index is 2.10. The molecule has 2 rings (SSSR count). The molecule has 0 spiro atoms. The Labute approximate surface area is 88.3 Å². The molecule has 0 radical (unpaired) electrons. The van der Waals surface area contributed by atoms with Crippen molar-refractivity contribution >= 4 is 11.7 Å². The Kier molecular flexibility index (Phi) is 2.58. The maximum absolute atomic E-state index is 10.9. The van der Waals surface area contributed by atoms with Gasteiger partial charge in [0.1, 0.15) is 0 Å². The lowest BCUT2D eigenvalue weighted by Crippen LogP contribution is -2.34. The summed E-state index contributed by atoms with van der Waals surface area (Å²) in [6.07, 6.45) is 5.28. The molecule has 0 atom stereocenters. The third kappa shape index (κ3) is 2.09. The summed E-state index contributed by atoms with van der Waals surface area (Å²) in [6, 6.07) is 1.93. The molecule has 2 N–H and O–H groups in total. The number of pyridine rings is 1. The number of aromatic carboxylic acids is 1. The maximum atomic E-state index is 10.9. The zero-order valence-corrected chi connectivity index (χ0v) is 8.60. The highest BCUT2D eigenvalue weighted by molar-refractivity contribution is 5.93. The molecule has 1 heterocycles. The van der Waals surface area contributed by atoms with Crippen molar-refractivity contribution in [3.05, 3.63) is 24.0 Å². The van der Waals surface area contributed by atoms with Crippen molar-refractivity contribution in [2.45, 2.75) is 25.8 Å². The molecule has 1 fully saturated rings. The standard InChI is InChI=1S/C11H14N2O2/c1-7-4-8(5-7)13-10-6-12-3-2-9(10)11(14)15/h2-3,6-8,13H,4-5H2,1H3,(H,14,15). The van der Waals surface area contributed by atoms with Crippen LogP contribution in [0, 0.1) is 5.92 Å². The van der Waals surface area contributed by atoms with Crippen molar-refractivity contribution in [3.8, 4) is 0 Å². The van der Waals surface area contributed by atoms with Crippen LogP contribution in [0.15, 0.2) is 18.5 Å². The van der Waals surface area contributed by atoms with Gasteiger partial charge in [0.15, 0.2) is 0 Å². The second-order valence-electron chi connectivity index (χ2n) is 4.14. The van der Waals surface area contributed by atoms with Crippen molar-refractivity contribution in [2.75, 3.05) is 5.32 Å². The highest BCUT2D eigenvalue weighted by atomic mass is 16.4. The summed E-state index contributed by atoms with van der Waals surface area (Å²) in [5.41, 5.74) is 0.923. The van der Waals surface area contributed by atoms with Crippen molar-refractivity contribution in [3.63, 3.8) is 0 Å². The van der Waals surface area contributed by atoms with Crippen LogP contribution in [0.3, 0.4) is 0 Å². The maximum Gasteiger partial charge on any atom is 0.337 e. The fraction of sp³-hybridized carbons (Fsp3) is 0.455. The Morgan fingerprint density at radius 3 is 2.93 bits per heavy atom. The van der Waals surface area contributed by atoms with Gasteiger partial charge < -0.3 is 10.4 Å². The van der Waals surface area contributed by atoms with E-state index in [1.54, 1.807) is 6.20 Å². The molecule has 1 aromatic heterocycles. The quantitative estimate of drug-likeness (QED) is 0.793. The number of hydrogen-bond acceptors (Lipinski definition) is 3. The van der Waals surface area contributed by atoms with E-state index in [1.165, 1.54) is 12.3 Å². The van der Waals surface area contributed by atoms with Crippen LogP contribution in [0.25, 0.3) is 0 Å². The second-order valence-corrected chi connectivity index (χ2v) is 4.14. The number of hydrogen-bond donors (Lipinski definition) is 2. The van der Waals surface area contributed by atoms with E-state index in [4.69, 9.17) is 5.11 Å². The van der Waals surface area contributed by atoms with E-state index in [0.29, 0.717) is 17.3 Å². The van der Waals surface area contributed by atoms with Crippen LogP contribution < -0.4 is 5.32 Å². The summed E-state index contributed by atoms with van der Waals surface area (Å²) < 4.78 is 0. The first-order chi connectivity index (χ1) is 7.16. The normalized spacial score (nSPS) is 24.3. The molecule has 1 saturated carbocycles. The van der Waals surface area contributed by atoms with Crippen LogP contribution in [-0.4, -0.2) is 22.1 Å². The van der Waals surface area contributed by atoms with Gasteiger partial charge in [-0.15, -0.1) is 0 Å². The number of carboxylic acid groups (broad SMARTS) is 1. The van der Waals surface area contributed by atoms with Gasteiger partial charge in [-0.3, -0.25) is 4.98 Å². The molecular weight excluding hydrogens is 192 g/mol. The SMILES string of the molecule is CC1CC(Nc2cnccc2C(=O)O)C1. The van der Waals surface area contributed by atoms with Crippen LogP contribution in [0.5, 0.6) is 0 Å². The number of rotatable bonds is 3. The zero-order chi connectivity index (χ0) is 10.8. The number of nitrogens with zero attached hydrogens (tertiary/aromatic N) is 1. The van der Waals surface area contributed by atoms with E-state index in [1.807, 2.05) is 0 Å². The average molecular weight is 206 g/mol. The monoisotopic (exact) mass is 206 g/mol. The lowest BCUT2D eigenvalue weighted by atomic mass is 9.82. The molecule has 0 aliphatic heterocycles. The Bertz CT molecular complexity index is 373. The van der Waals surface area contributed by atoms with E-state index >= 15 is 0 Å². The van der Waals surface area contributed by atoms with Gasteiger partial charge in [-0.2, -0.15) is 0 Å². The Morgan fingerprint density at radius 1 is 1.60 bits per heavy atom. The summed E-state index contributed by atoms with van der Waals surface area (Å²) in [5, 5.41) is 12.2. The molecule has 1 aromatic rings. The van der Waals surface area contributed by atoms with Crippen molar-refractivity contribution < 1.29 is 9.90 Å². The summed E-state index contributed by atoms with van der Waals surface area (Å²) >= 11 is 0. The van der Waals surface area contributed by atoms with Gasteiger partial charge in [-0.25, -0.2) is 4.79 Å². The van der Waals surface area contributed by atoms with Gasteiger partial charge in [-0.1, -0.05) is 6.92 Å². The molecule has 0 saturated heterocycles. The number of anilines is 1. The Morgan fingerprint density at radius 2 is 2.33 bits per heavy atom. The van der Waals surface area contributed by atoms with Crippen molar-refractivity contribution in [1.82, 2.24) is 4.98 Å². The predicted octanol–water partition coefficient (Wildman–Crippen LogP) is 1.99. The molecule has 0 aromatic carbocycles. The molecule has 4 nitrogen and oxygen atoms in total. The average Bonchev–Trinajstić information content (AvgIpc) is 2.16. The summed E-state index contributed by atoms with van der Waals surface area (Å²) in [6.45, 7) is 2.19. The number of carbonyl (C=O) groups is 1. The molecule has 4 heteroatoms. The minimum absolute atomic E-state index is 0.296. The van der Waals surface area contributed by atoms with Crippen LogP contribution in [0.4, 0.5) is 5.69 Å². The number of carboxylic acids is 1. The lowest BCUT2D eigenvalue weighted by molar-refractivity contribution is 0.0697. The van der Waals surface area contributed by atoms with E-state index in [-0.39, 0.29) is 0 Å². The van der Waals surface area contributed by atoms with Crippen molar-refractivity contribution in [1.29, 1.82) is 0 Å². The molecule has 0 unspecified atom stereocenters. The van der Waals surface area contributed by atoms with E-state index in [2.05, 4.69) is 17.2 Å². The van der Waals surface area contributed by atoms with E-state index < -0.39 is 5.97 Å². The predicted molar refractivity (Wildman–Crippen MR) is 57.0 cm³/mol. The molecule has 1 aliphatic carbocycles. The minimum atomic E-state index is -0.910. The zero-order valence-electron chi connectivity index (χ0n) is 8.60. The van der Waals surface area contributed by atoms with Crippen LogP contribution in [-0.2, 0) is 0 Å². The minimum Gasteiger partial charge on any atom is -0.478 e. The van der Waals surface area contributed by atoms with Gasteiger partial charge in [0.2, 0.25) is 0 Å². The third-order valence-electron chi connectivity index (χ3n) is 2.78. The van der Waals surface area contributed by atoms with Crippen LogP contribution in [0.2, 0.25) is 0 Å². The summed E-state index contributed by atoms with van der Waals surface area (Å²) in [4.78, 5) is 14.8. The number of aromatic nitrogens is 1. The van der Waals surface area contributed by atoms with Gasteiger partial charge in [0, 0.05) is 12.2 Å². The first-order valence-corrected chi connectivity index (χ1v) is 5.10. The largest absolute Gasteiger partial charge is 0.478 e. The molecular formula is C11H14N2O2. The third-order valence-corrected chi connectivity index (χ3v) is 2.78. The van der Waals surface area contributed by atoms with Gasteiger partial charge in [0.25, 0.3) is 0 Å². The lowest BCUT2D eigenvalue weighted by Gasteiger charge is -2.34. The van der Waals surface area contributed by atoms with Gasteiger partial charge in [-0.05, 0) is 24.8 Å². The second kappa shape index (κ2) is 3.88. The summed E-state index contributed by atoms with van der Waals surface area (Å²) in [5.74, 6) is -0.167. The molecule has 80 valence electrons. The smallest absolute Gasteiger partial charge is 0.337 e. The Hall–Kier alpha value is -1.58. The number of nitrogens with one attached hydrogen (secondary N) is 1. The molecule has 1 aliphatic rings. The first kappa shape index (κ1) is 9.96. The van der Waals surface area contributed by atoms with Gasteiger partial charge >= 0.3 is 5.97 Å². The van der Waals surface area contributed by atoms with Gasteiger partial charge in [0.05, 0.1) is 17.4 Å². The molecule has 0 bridgehead atoms. The fourth-order valence-electron chi connectivity index (χ4n) is 1.94. The first-order valence-electron chi connectivity index (χ1n) is 5.10. The highest BCUT2D eigenvalue weighted by Crippen LogP contribution is 2.30. The topological polar surface area (TPSA) is 62.2 Å². The van der Waals surface area contributed by atoms with Crippen molar-refractivity contribution in [2.24, 2.45) is 5.92 Å². The van der Waals surface area contributed by atoms with E-state index in [9.17, 15) is 4.79 Å². The van der Waals surface area contributed by atoms with Crippen LogP contribution in [0.1, 0.15) is 30.1 Å². The fourth-order valence-corrected chi connectivity index (χ4v) is 1.94. The highest BCUT2D eigenvalue weighted by Gasteiger charge is 2.26. The molecule has 0 amide bonds. The summed E-state index contributed by atoms with van der Waals surface area (Å²) in [7, 11) is 0.